The van der Waals surface area contributed by atoms with Crippen LogP contribution in [0.15, 0.2) is 18.2 Å². The number of ketones is 1. The summed E-state index contributed by atoms with van der Waals surface area (Å²) in [7, 11) is -4.90. The Kier molecular flexibility index (Phi) is 8.61. The summed E-state index contributed by atoms with van der Waals surface area (Å²) < 4.78 is 36.1. The molecule has 40 heavy (non-hydrogen) atoms. The molecule has 0 spiro atoms. The number of hydrogen-bond acceptors (Lipinski definition) is 9. The van der Waals surface area contributed by atoms with Crippen molar-refractivity contribution in [1.82, 2.24) is 9.80 Å². The molecule has 2 saturated heterocycles. The summed E-state index contributed by atoms with van der Waals surface area (Å²) >= 11 is 0. The van der Waals surface area contributed by atoms with Gasteiger partial charge in [-0.3, -0.25) is 28.7 Å². The van der Waals surface area contributed by atoms with Gasteiger partial charge >= 0.3 is 7.82 Å². The van der Waals surface area contributed by atoms with Gasteiger partial charge in [0.1, 0.15) is 11.6 Å². The fraction of sp³-hybridized carbons (Fsp3) is 0.654. The maximum atomic E-state index is 14.1. The van der Waals surface area contributed by atoms with Crippen molar-refractivity contribution < 1.29 is 47.5 Å². The molecule has 14 heteroatoms. The maximum Gasteiger partial charge on any atom is 0.469 e. The molecule has 4 fully saturated rings. The lowest BCUT2D eigenvalue weighted by molar-refractivity contribution is -0.143. The van der Waals surface area contributed by atoms with Crippen LogP contribution in [-0.4, -0.2) is 99.9 Å². The molecule has 2 saturated carbocycles. The zero-order valence-corrected chi connectivity index (χ0v) is 23.0. The van der Waals surface area contributed by atoms with Gasteiger partial charge in [0.05, 0.1) is 48.9 Å². The second-order valence-corrected chi connectivity index (χ2v) is 12.3. The molecule has 3 N–H and O–H groups in total. The molecule has 1 aromatic rings. The number of anilines is 1. The Balaban J connectivity index is 1.14. The highest BCUT2D eigenvalue weighted by Gasteiger charge is 2.53. The number of fused-ring (bicyclic) bond motifs is 1. The molecule has 220 valence electrons. The molecule has 4 unspecified atom stereocenters. The Morgan fingerprint density at radius 3 is 2.30 bits per heavy atom. The van der Waals surface area contributed by atoms with E-state index in [-0.39, 0.29) is 37.1 Å². The van der Waals surface area contributed by atoms with E-state index in [0.29, 0.717) is 37.6 Å². The summed E-state index contributed by atoms with van der Waals surface area (Å²) in [5, 5.41) is 10.2. The number of imide groups is 1. The number of aliphatic hydroxyl groups is 1. The lowest BCUT2D eigenvalue weighted by Gasteiger charge is -2.36. The predicted molar refractivity (Wildman–Crippen MR) is 139 cm³/mol. The van der Waals surface area contributed by atoms with Crippen LogP contribution >= 0.6 is 7.82 Å². The fourth-order valence-electron chi connectivity index (χ4n) is 6.29. The molecule has 2 aliphatic carbocycles. The van der Waals surface area contributed by atoms with Crippen molar-refractivity contribution >= 4 is 31.1 Å². The average molecular weight is 584 g/mol. The molecule has 4 aliphatic rings. The lowest BCUT2D eigenvalue weighted by Crippen LogP contribution is -2.49. The number of phosphoric acid groups is 1. The molecule has 0 bridgehead atoms. The summed E-state index contributed by atoms with van der Waals surface area (Å²) in [4.78, 5) is 61.7. The van der Waals surface area contributed by atoms with E-state index in [1.807, 2.05) is 9.80 Å². The third-order valence-corrected chi connectivity index (χ3v) is 8.85. The molecular weight excluding hydrogens is 548 g/mol. The maximum absolute atomic E-state index is 14.1. The molecule has 0 aromatic heterocycles. The highest BCUT2D eigenvalue weighted by molar-refractivity contribution is 7.46. The molecule has 0 radical (unpaired) electrons. The van der Waals surface area contributed by atoms with Crippen molar-refractivity contribution in [2.24, 2.45) is 11.8 Å². The van der Waals surface area contributed by atoms with E-state index < -0.39 is 50.2 Å². The number of likely N-dealkylation sites (tertiary alicyclic amines) is 1. The van der Waals surface area contributed by atoms with Gasteiger partial charge in [-0.25, -0.2) is 8.96 Å². The highest BCUT2D eigenvalue weighted by Crippen LogP contribution is 2.45. The van der Waals surface area contributed by atoms with Gasteiger partial charge in [-0.2, -0.15) is 0 Å². The number of amides is 2. The minimum absolute atomic E-state index is 0.0291. The number of aliphatic hydroxyl groups excluding tert-OH is 1. The highest BCUT2D eigenvalue weighted by atomic mass is 31.2. The minimum Gasteiger partial charge on any atom is -0.488 e. The topological polar surface area (TPSA) is 157 Å². The summed E-state index contributed by atoms with van der Waals surface area (Å²) in [6.07, 6.45) is 1.34. The summed E-state index contributed by atoms with van der Waals surface area (Å²) in [6.45, 7) is 1.75. The Bertz CT molecular complexity index is 1180. The number of Topliss-reactive ketones (excluding diaryl/α,β-unsaturated/α-hetero) is 1. The van der Waals surface area contributed by atoms with Crippen molar-refractivity contribution in [2.45, 2.75) is 56.8 Å². The predicted octanol–water partition coefficient (Wildman–Crippen LogP) is 1.07. The van der Waals surface area contributed by atoms with Gasteiger partial charge in [0, 0.05) is 32.2 Å². The Morgan fingerprint density at radius 1 is 1.00 bits per heavy atom. The van der Waals surface area contributed by atoms with Crippen LogP contribution in [-0.2, 0) is 23.5 Å². The fourth-order valence-corrected chi connectivity index (χ4v) is 6.87. The molecule has 2 aliphatic heterocycles. The second kappa shape index (κ2) is 11.8. The minimum atomic E-state index is -4.90. The third-order valence-electron chi connectivity index (χ3n) is 8.30. The number of carbonyl (C=O) groups is 3. The first-order valence-electron chi connectivity index (χ1n) is 13.7. The number of nitrogens with zero attached hydrogens (tertiary/aromatic N) is 3. The van der Waals surface area contributed by atoms with Crippen LogP contribution in [0, 0.1) is 17.7 Å². The number of ether oxygens (including phenoxy) is 1. The smallest absolute Gasteiger partial charge is 0.469 e. The van der Waals surface area contributed by atoms with Crippen molar-refractivity contribution in [2.75, 3.05) is 44.2 Å². The van der Waals surface area contributed by atoms with E-state index in [9.17, 15) is 28.4 Å². The number of hydrogen-bond donors (Lipinski definition) is 3. The molecule has 2 heterocycles. The first-order valence-corrected chi connectivity index (χ1v) is 15.2. The quantitative estimate of drug-likeness (QED) is 0.282. The largest absolute Gasteiger partial charge is 0.488 e. The van der Waals surface area contributed by atoms with E-state index in [2.05, 4.69) is 4.52 Å². The van der Waals surface area contributed by atoms with Gasteiger partial charge in [-0.15, -0.1) is 0 Å². The first kappa shape index (κ1) is 29.1. The van der Waals surface area contributed by atoms with Crippen molar-refractivity contribution in [3.8, 4) is 5.75 Å². The van der Waals surface area contributed by atoms with Crippen LogP contribution in [0.3, 0.4) is 0 Å². The molecule has 5 rings (SSSR count). The van der Waals surface area contributed by atoms with Crippen LogP contribution in [0.4, 0.5) is 10.1 Å². The van der Waals surface area contributed by atoms with E-state index >= 15 is 0 Å². The number of phosphoric ester groups is 1. The normalized spacial score (nSPS) is 28.3. The van der Waals surface area contributed by atoms with Crippen LogP contribution in [0.1, 0.15) is 38.5 Å². The number of halogens is 1. The van der Waals surface area contributed by atoms with Crippen LogP contribution in [0.25, 0.3) is 0 Å². The number of benzene rings is 1. The number of rotatable bonds is 9. The zero-order chi connectivity index (χ0) is 28.6. The first-order chi connectivity index (χ1) is 19.0. The third kappa shape index (κ3) is 6.56. The van der Waals surface area contributed by atoms with Crippen LogP contribution in [0.5, 0.6) is 5.75 Å². The SMILES string of the molecule is O=C(CN1CCN(c2cc(F)ccc2OC2CCCC2)CC1)CN1C(=O)C2CC(O)C(OP(=O)(O)O)CC2C1=O. The van der Waals surface area contributed by atoms with Gasteiger partial charge in [0.2, 0.25) is 11.8 Å². The summed E-state index contributed by atoms with van der Waals surface area (Å²) in [5.41, 5.74) is 0.692. The van der Waals surface area contributed by atoms with Crippen LogP contribution < -0.4 is 9.64 Å². The van der Waals surface area contributed by atoms with Crippen LogP contribution in [0.2, 0.25) is 0 Å². The monoisotopic (exact) mass is 583 g/mol. The molecule has 4 atom stereocenters. The molecule has 12 nitrogen and oxygen atoms in total. The van der Waals surface area contributed by atoms with Crippen molar-refractivity contribution in [3.63, 3.8) is 0 Å². The van der Waals surface area contributed by atoms with Crippen molar-refractivity contribution in [3.05, 3.63) is 24.0 Å². The zero-order valence-electron chi connectivity index (χ0n) is 22.1. The van der Waals surface area contributed by atoms with Gasteiger partial charge < -0.3 is 24.5 Å². The van der Waals surface area contributed by atoms with E-state index in [1.54, 1.807) is 6.07 Å². The molecular formula is C26H35FN3O9P. The average Bonchev–Trinajstić information content (AvgIpc) is 3.48. The van der Waals surface area contributed by atoms with E-state index in [4.69, 9.17) is 14.5 Å². The van der Waals surface area contributed by atoms with Gasteiger partial charge in [-0.05, 0) is 50.7 Å². The van der Waals surface area contributed by atoms with E-state index in [1.165, 1.54) is 12.1 Å². The summed E-state index contributed by atoms with van der Waals surface area (Å²) in [5.74, 6) is -2.95. The van der Waals surface area contributed by atoms with Gasteiger partial charge in [-0.1, -0.05) is 0 Å². The Labute approximate surface area is 231 Å². The van der Waals surface area contributed by atoms with E-state index in [0.717, 1.165) is 30.6 Å². The van der Waals surface area contributed by atoms with Gasteiger partial charge in [0.25, 0.3) is 0 Å². The standard InChI is InChI=1S/C26H35FN3O9P/c27-16-5-6-23(38-18-3-1-2-4-18)21(11-16)29-9-7-28(8-10-29)14-17(31)15-30-25(33)19-12-22(32)24(39-40(35,36)37)13-20(19)26(30)34/h5-6,11,18-20,22,24,32H,1-4,7-10,12-15H2,(H2,35,36,37). The molecule has 1 aromatic carbocycles. The summed E-state index contributed by atoms with van der Waals surface area (Å²) in [6, 6.07) is 4.53. The number of piperazine rings is 1. The van der Waals surface area contributed by atoms with Crippen molar-refractivity contribution in [1.29, 1.82) is 0 Å². The Hall–Kier alpha value is -2.41. The second-order valence-electron chi connectivity index (χ2n) is 11.1. The molecule has 2 amide bonds. The lowest BCUT2D eigenvalue weighted by atomic mass is 9.78. The number of carbonyl (C=O) groups excluding carboxylic acids is 3. The Morgan fingerprint density at radius 2 is 1.65 bits per heavy atom. The van der Waals surface area contributed by atoms with Gasteiger partial charge in [0.15, 0.2) is 5.78 Å².